The maximum Gasteiger partial charge on any atom is 0.243 e. The highest BCUT2D eigenvalue weighted by Gasteiger charge is 2.51. The first-order chi connectivity index (χ1) is 12.5. The van der Waals surface area contributed by atoms with E-state index >= 15 is 0 Å². The molecular formula is C19H28N2O4S. The zero-order valence-corrected chi connectivity index (χ0v) is 16.2. The van der Waals surface area contributed by atoms with Crippen molar-refractivity contribution in [1.29, 1.82) is 0 Å². The van der Waals surface area contributed by atoms with E-state index in [1.54, 1.807) is 35.7 Å². The Hall–Kier alpha value is -1.15. The van der Waals surface area contributed by atoms with Gasteiger partial charge in [0, 0.05) is 38.3 Å². The zero-order valence-electron chi connectivity index (χ0n) is 15.4. The molecule has 0 radical (unpaired) electrons. The molecule has 1 aromatic carbocycles. The molecule has 1 saturated carbocycles. The Morgan fingerprint density at radius 2 is 1.85 bits per heavy atom. The first-order valence-electron chi connectivity index (χ1n) is 9.51. The van der Waals surface area contributed by atoms with Crippen LogP contribution in [0.5, 0.6) is 5.75 Å². The van der Waals surface area contributed by atoms with Gasteiger partial charge in [-0.05, 0) is 43.2 Å². The molecule has 2 heterocycles. The minimum atomic E-state index is -3.45. The van der Waals surface area contributed by atoms with E-state index in [4.69, 9.17) is 9.47 Å². The van der Waals surface area contributed by atoms with Crippen LogP contribution >= 0.6 is 0 Å². The molecule has 144 valence electrons. The van der Waals surface area contributed by atoms with Crippen molar-refractivity contribution in [2.75, 3.05) is 46.5 Å². The fourth-order valence-corrected chi connectivity index (χ4v) is 6.28. The van der Waals surface area contributed by atoms with Crippen molar-refractivity contribution in [3.05, 3.63) is 24.3 Å². The van der Waals surface area contributed by atoms with Gasteiger partial charge in [0.15, 0.2) is 0 Å². The molecular weight excluding hydrogens is 352 g/mol. The van der Waals surface area contributed by atoms with E-state index in [1.165, 1.54) is 12.8 Å². The average Bonchev–Trinajstić information content (AvgIpc) is 2.68. The van der Waals surface area contributed by atoms with Crippen molar-refractivity contribution in [3.63, 3.8) is 0 Å². The van der Waals surface area contributed by atoms with Gasteiger partial charge in [0.2, 0.25) is 10.0 Å². The maximum atomic E-state index is 13.0. The van der Waals surface area contributed by atoms with Gasteiger partial charge in [0.1, 0.15) is 5.75 Å². The van der Waals surface area contributed by atoms with Crippen LogP contribution in [0.2, 0.25) is 0 Å². The molecule has 3 fully saturated rings. The predicted molar refractivity (Wildman–Crippen MR) is 98.8 cm³/mol. The minimum absolute atomic E-state index is 0.303. The Bertz CT molecular complexity index is 738. The van der Waals surface area contributed by atoms with Crippen molar-refractivity contribution in [1.82, 2.24) is 9.21 Å². The van der Waals surface area contributed by atoms with Gasteiger partial charge in [-0.1, -0.05) is 6.07 Å². The fourth-order valence-electron chi connectivity index (χ4n) is 4.81. The molecule has 4 rings (SSSR count). The lowest BCUT2D eigenvalue weighted by atomic mass is 9.59. The summed E-state index contributed by atoms with van der Waals surface area (Å²) in [5, 5.41) is 0. The highest BCUT2D eigenvalue weighted by Crippen LogP contribution is 2.52. The number of rotatable bonds is 4. The molecule has 1 unspecified atom stereocenters. The van der Waals surface area contributed by atoms with Crippen molar-refractivity contribution in [3.8, 4) is 5.75 Å². The Morgan fingerprint density at radius 1 is 1.12 bits per heavy atom. The van der Waals surface area contributed by atoms with E-state index in [0.29, 0.717) is 35.2 Å². The van der Waals surface area contributed by atoms with Crippen LogP contribution in [0.15, 0.2) is 29.2 Å². The number of hydrogen-bond donors (Lipinski definition) is 0. The van der Waals surface area contributed by atoms with Crippen molar-refractivity contribution >= 4 is 10.0 Å². The Morgan fingerprint density at radius 3 is 2.46 bits per heavy atom. The molecule has 2 aliphatic heterocycles. The van der Waals surface area contributed by atoms with Crippen LogP contribution in [0.3, 0.4) is 0 Å². The number of nitrogens with zero attached hydrogens (tertiary/aromatic N) is 2. The summed E-state index contributed by atoms with van der Waals surface area (Å²) >= 11 is 0. The third kappa shape index (κ3) is 3.15. The summed E-state index contributed by atoms with van der Waals surface area (Å²) in [5.41, 5.74) is 0.303. The van der Waals surface area contributed by atoms with Gasteiger partial charge in [0.25, 0.3) is 0 Å². The Labute approximate surface area is 156 Å². The van der Waals surface area contributed by atoms with E-state index in [1.807, 2.05) is 0 Å². The van der Waals surface area contributed by atoms with E-state index in [2.05, 4.69) is 4.90 Å². The number of ether oxygens (including phenoxy) is 2. The molecule has 1 aromatic rings. The van der Waals surface area contributed by atoms with Crippen LogP contribution in [0.4, 0.5) is 0 Å². The van der Waals surface area contributed by atoms with Gasteiger partial charge in [-0.25, -0.2) is 8.42 Å². The quantitative estimate of drug-likeness (QED) is 0.799. The van der Waals surface area contributed by atoms with Crippen LogP contribution in [-0.4, -0.2) is 70.2 Å². The molecule has 0 amide bonds. The molecule has 7 heteroatoms. The fraction of sp³-hybridized carbons (Fsp3) is 0.684. The lowest BCUT2D eigenvalue weighted by Gasteiger charge is -2.58. The SMILES string of the molecule is COc1cccc(S(=O)(=O)N2CCC3(CCC3N3CCOCC3)CC2)c1. The zero-order chi connectivity index (χ0) is 18.2. The lowest BCUT2D eigenvalue weighted by molar-refractivity contribution is -0.0906. The van der Waals surface area contributed by atoms with Crippen molar-refractivity contribution < 1.29 is 17.9 Å². The van der Waals surface area contributed by atoms with E-state index in [9.17, 15) is 8.42 Å². The van der Waals surface area contributed by atoms with E-state index < -0.39 is 10.0 Å². The van der Waals surface area contributed by atoms with Gasteiger partial charge >= 0.3 is 0 Å². The molecule has 3 aliphatic rings. The molecule has 2 saturated heterocycles. The topological polar surface area (TPSA) is 59.1 Å². The number of morpholine rings is 1. The van der Waals surface area contributed by atoms with E-state index in [0.717, 1.165) is 39.1 Å². The largest absolute Gasteiger partial charge is 0.497 e. The second kappa shape index (κ2) is 7.11. The minimum Gasteiger partial charge on any atom is -0.497 e. The van der Waals surface area contributed by atoms with Gasteiger partial charge in [-0.15, -0.1) is 0 Å². The van der Waals surface area contributed by atoms with Gasteiger partial charge in [-0.3, -0.25) is 4.90 Å². The van der Waals surface area contributed by atoms with Crippen molar-refractivity contribution in [2.45, 2.75) is 36.6 Å². The average molecular weight is 381 g/mol. The summed E-state index contributed by atoms with van der Waals surface area (Å²) in [6.07, 6.45) is 4.38. The molecule has 6 nitrogen and oxygen atoms in total. The second-order valence-corrected chi connectivity index (χ2v) is 9.59. The summed E-state index contributed by atoms with van der Waals surface area (Å²) in [6.45, 7) is 4.89. The number of sulfonamides is 1. The molecule has 1 aliphatic carbocycles. The highest BCUT2D eigenvalue weighted by molar-refractivity contribution is 7.89. The summed E-state index contributed by atoms with van der Waals surface area (Å²) in [5.74, 6) is 0.575. The van der Waals surface area contributed by atoms with Crippen LogP contribution in [0, 0.1) is 5.41 Å². The first-order valence-corrected chi connectivity index (χ1v) is 11.0. The summed E-state index contributed by atoms with van der Waals surface area (Å²) in [4.78, 5) is 2.89. The number of piperidine rings is 1. The van der Waals surface area contributed by atoms with Crippen LogP contribution in [-0.2, 0) is 14.8 Å². The summed E-state index contributed by atoms with van der Waals surface area (Å²) in [6, 6.07) is 7.37. The van der Waals surface area contributed by atoms with Gasteiger partial charge in [-0.2, -0.15) is 4.31 Å². The third-order valence-corrected chi connectivity index (χ3v) is 8.40. The number of benzene rings is 1. The normalized spacial score (nSPS) is 27.2. The number of hydrogen-bond acceptors (Lipinski definition) is 5. The number of methoxy groups -OCH3 is 1. The molecule has 26 heavy (non-hydrogen) atoms. The van der Waals surface area contributed by atoms with Crippen LogP contribution in [0.25, 0.3) is 0 Å². The maximum absolute atomic E-state index is 13.0. The summed E-state index contributed by atoms with van der Waals surface area (Å²) in [7, 11) is -1.90. The molecule has 1 atom stereocenters. The highest BCUT2D eigenvalue weighted by atomic mass is 32.2. The third-order valence-electron chi connectivity index (χ3n) is 6.51. The van der Waals surface area contributed by atoms with Gasteiger partial charge < -0.3 is 9.47 Å². The second-order valence-electron chi connectivity index (χ2n) is 7.65. The molecule has 0 N–H and O–H groups in total. The molecule has 0 aromatic heterocycles. The van der Waals surface area contributed by atoms with Crippen LogP contribution < -0.4 is 4.74 Å². The van der Waals surface area contributed by atoms with Gasteiger partial charge in [0.05, 0.1) is 25.2 Å². The molecule has 1 spiro atoms. The lowest BCUT2D eigenvalue weighted by Crippen LogP contribution is -2.61. The standard InChI is InChI=1S/C19H28N2O4S/c1-24-16-3-2-4-17(15-16)26(22,23)21-9-7-19(8-10-21)6-5-18(19)20-11-13-25-14-12-20/h2-4,15,18H,5-14H2,1H3. The van der Waals surface area contributed by atoms with Crippen LogP contribution in [0.1, 0.15) is 25.7 Å². The molecule has 0 bridgehead atoms. The Balaban J connectivity index is 1.44. The summed E-state index contributed by atoms with van der Waals surface area (Å²) < 4.78 is 38.3. The van der Waals surface area contributed by atoms with E-state index in [-0.39, 0.29) is 0 Å². The predicted octanol–water partition coefficient (Wildman–Crippen LogP) is 1.96. The first kappa shape index (κ1) is 18.2. The smallest absolute Gasteiger partial charge is 0.243 e. The monoisotopic (exact) mass is 380 g/mol. The van der Waals surface area contributed by atoms with Crippen molar-refractivity contribution in [2.24, 2.45) is 5.41 Å². The Kier molecular flexibility index (Phi) is 4.98.